The lowest BCUT2D eigenvalue weighted by Gasteiger charge is -2.14. The molecule has 9 nitrogen and oxygen atoms in total. The standard InChI is InChI=1S/C23H22N4O5/c28-21(24-9-10-27-12-20(22(29)30)26-14-27)11-25-23(31)32-13-19-17-7-3-1-5-15(17)16-6-2-4-8-18(16)19/h1-8,12,14,19H,9-11,13H2,(H,24,28)(H,25,31)(H,29,30). The molecule has 0 atom stereocenters. The number of nitrogens with zero attached hydrogens (tertiary/aromatic N) is 2. The monoisotopic (exact) mass is 434 g/mol. The Morgan fingerprint density at radius 3 is 2.28 bits per heavy atom. The van der Waals surface area contributed by atoms with Crippen LogP contribution < -0.4 is 10.6 Å². The first kappa shape index (κ1) is 21.1. The second-order valence-electron chi connectivity index (χ2n) is 7.33. The summed E-state index contributed by atoms with van der Waals surface area (Å²) in [5.41, 5.74) is 4.46. The molecule has 4 rings (SSSR count). The Morgan fingerprint density at radius 1 is 1.00 bits per heavy atom. The first-order valence-electron chi connectivity index (χ1n) is 10.1. The molecule has 2 amide bonds. The molecular weight excluding hydrogens is 412 g/mol. The maximum Gasteiger partial charge on any atom is 0.407 e. The Balaban J connectivity index is 1.21. The quantitative estimate of drug-likeness (QED) is 0.500. The van der Waals surface area contributed by atoms with Gasteiger partial charge in [-0.1, -0.05) is 48.5 Å². The molecule has 1 heterocycles. The van der Waals surface area contributed by atoms with Crippen molar-refractivity contribution < 1.29 is 24.2 Å². The van der Waals surface area contributed by atoms with Crippen molar-refractivity contribution in [2.45, 2.75) is 12.5 Å². The zero-order chi connectivity index (χ0) is 22.5. The summed E-state index contributed by atoms with van der Waals surface area (Å²) in [6.45, 7) is 0.576. The van der Waals surface area contributed by atoms with Crippen LogP contribution in [0.2, 0.25) is 0 Å². The number of aromatic nitrogens is 2. The second-order valence-corrected chi connectivity index (χ2v) is 7.33. The normalized spacial score (nSPS) is 12.0. The fourth-order valence-corrected chi connectivity index (χ4v) is 3.78. The van der Waals surface area contributed by atoms with Gasteiger partial charge in [-0.25, -0.2) is 14.6 Å². The maximum atomic E-state index is 12.1. The lowest BCUT2D eigenvalue weighted by Crippen LogP contribution is -2.38. The largest absolute Gasteiger partial charge is 0.476 e. The van der Waals surface area contributed by atoms with Gasteiger partial charge in [0.15, 0.2) is 5.69 Å². The Kier molecular flexibility index (Phi) is 6.16. The molecule has 0 spiro atoms. The number of carbonyl (C=O) groups excluding carboxylic acids is 2. The molecule has 32 heavy (non-hydrogen) atoms. The zero-order valence-corrected chi connectivity index (χ0v) is 17.2. The van der Waals surface area contributed by atoms with Crippen molar-refractivity contribution in [1.29, 1.82) is 0 Å². The second kappa shape index (κ2) is 9.34. The van der Waals surface area contributed by atoms with Crippen molar-refractivity contribution in [2.24, 2.45) is 0 Å². The zero-order valence-electron chi connectivity index (χ0n) is 17.2. The van der Waals surface area contributed by atoms with Gasteiger partial charge in [-0.05, 0) is 22.3 Å². The fourth-order valence-electron chi connectivity index (χ4n) is 3.78. The number of carbonyl (C=O) groups is 3. The number of aromatic carboxylic acids is 1. The Morgan fingerprint density at radius 2 is 1.66 bits per heavy atom. The van der Waals surface area contributed by atoms with Crippen LogP contribution in [-0.2, 0) is 16.1 Å². The van der Waals surface area contributed by atoms with E-state index in [-0.39, 0.29) is 37.2 Å². The molecule has 0 unspecified atom stereocenters. The van der Waals surface area contributed by atoms with Gasteiger partial charge in [0.2, 0.25) is 5.91 Å². The number of alkyl carbamates (subject to hydrolysis) is 1. The van der Waals surface area contributed by atoms with Crippen LogP contribution in [-0.4, -0.2) is 52.3 Å². The molecule has 0 fully saturated rings. The first-order chi connectivity index (χ1) is 15.5. The predicted octanol–water partition coefficient (Wildman–Crippen LogP) is 2.24. The Labute approximate surface area is 184 Å². The number of benzene rings is 2. The van der Waals surface area contributed by atoms with E-state index in [1.807, 2.05) is 36.4 Å². The summed E-state index contributed by atoms with van der Waals surface area (Å²) in [4.78, 5) is 38.6. The summed E-state index contributed by atoms with van der Waals surface area (Å²) >= 11 is 0. The van der Waals surface area contributed by atoms with Crippen molar-refractivity contribution in [3.8, 4) is 11.1 Å². The highest BCUT2D eigenvalue weighted by molar-refractivity contribution is 5.85. The Hall–Kier alpha value is -4.14. The number of ether oxygens (including phenoxy) is 1. The maximum absolute atomic E-state index is 12.1. The SMILES string of the molecule is O=C(CNC(=O)OCC1c2ccccc2-c2ccccc21)NCCn1cnc(C(=O)O)c1. The van der Waals surface area contributed by atoms with E-state index in [0.29, 0.717) is 6.54 Å². The summed E-state index contributed by atoms with van der Waals surface area (Å²) in [6, 6.07) is 16.1. The molecule has 0 saturated heterocycles. The topological polar surface area (TPSA) is 123 Å². The molecular formula is C23H22N4O5. The van der Waals surface area contributed by atoms with Crippen molar-refractivity contribution in [3.05, 3.63) is 77.9 Å². The average molecular weight is 434 g/mol. The highest BCUT2D eigenvalue weighted by Crippen LogP contribution is 2.44. The first-order valence-corrected chi connectivity index (χ1v) is 10.1. The lowest BCUT2D eigenvalue weighted by molar-refractivity contribution is -0.120. The molecule has 3 N–H and O–H groups in total. The van der Waals surface area contributed by atoms with Gasteiger partial charge in [-0.3, -0.25) is 4.79 Å². The van der Waals surface area contributed by atoms with E-state index in [2.05, 4.69) is 27.8 Å². The number of carboxylic acid groups (broad SMARTS) is 1. The number of carboxylic acids is 1. The number of nitrogens with one attached hydrogen (secondary N) is 2. The molecule has 1 aromatic heterocycles. The summed E-state index contributed by atoms with van der Waals surface area (Å²) in [5, 5.41) is 13.9. The highest BCUT2D eigenvalue weighted by Gasteiger charge is 2.29. The molecule has 0 bridgehead atoms. The average Bonchev–Trinajstić information content (AvgIpc) is 3.39. The summed E-state index contributed by atoms with van der Waals surface area (Å²) in [7, 11) is 0. The number of hydrogen-bond donors (Lipinski definition) is 3. The number of amides is 2. The van der Waals surface area contributed by atoms with Gasteiger partial charge in [0.1, 0.15) is 6.61 Å². The fraction of sp³-hybridized carbons (Fsp3) is 0.217. The number of imidazole rings is 1. The summed E-state index contributed by atoms with van der Waals surface area (Å²) < 4.78 is 6.95. The summed E-state index contributed by atoms with van der Waals surface area (Å²) in [5.74, 6) is -1.54. The number of hydrogen-bond acceptors (Lipinski definition) is 5. The van der Waals surface area contributed by atoms with E-state index in [1.54, 1.807) is 4.57 Å². The van der Waals surface area contributed by atoms with Crippen LogP contribution in [0.5, 0.6) is 0 Å². The van der Waals surface area contributed by atoms with Gasteiger partial charge in [0, 0.05) is 25.2 Å². The van der Waals surface area contributed by atoms with Crippen molar-refractivity contribution in [2.75, 3.05) is 19.7 Å². The van der Waals surface area contributed by atoms with E-state index in [4.69, 9.17) is 9.84 Å². The minimum absolute atomic E-state index is 0.0483. The van der Waals surface area contributed by atoms with E-state index >= 15 is 0 Å². The van der Waals surface area contributed by atoms with Crippen LogP contribution in [0.1, 0.15) is 27.5 Å². The molecule has 0 saturated carbocycles. The number of rotatable bonds is 8. The molecule has 0 aliphatic heterocycles. The van der Waals surface area contributed by atoms with Crippen LogP contribution in [0.4, 0.5) is 4.79 Å². The van der Waals surface area contributed by atoms with Gasteiger partial charge in [-0.2, -0.15) is 0 Å². The number of fused-ring (bicyclic) bond motifs is 3. The van der Waals surface area contributed by atoms with Gasteiger partial charge in [0.05, 0.1) is 12.9 Å². The van der Waals surface area contributed by atoms with Crippen molar-refractivity contribution in [1.82, 2.24) is 20.2 Å². The predicted molar refractivity (Wildman–Crippen MR) is 115 cm³/mol. The minimum atomic E-state index is -1.11. The van der Waals surface area contributed by atoms with E-state index < -0.39 is 12.1 Å². The highest BCUT2D eigenvalue weighted by atomic mass is 16.5. The van der Waals surface area contributed by atoms with Crippen LogP contribution >= 0.6 is 0 Å². The summed E-state index contributed by atoms with van der Waals surface area (Å²) in [6.07, 6.45) is 2.09. The molecule has 1 aliphatic carbocycles. The van der Waals surface area contributed by atoms with E-state index in [1.165, 1.54) is 12.5 Å². The molecule has 2 aromatic carbocycles. The van der Waals surface area contributed by atoms with Crippen molar-refractivity contribution in [3.63, 3.8) is 0 Å². The van der Waals surface area contributed by atoms with Crippen LogP contribution in [0.15, 0.2) is 61.1 Å². The molecule has 1 aliphatic rings. The minimum Gasteiger partial charge on any atom is -0.476 e. The van der Waals surface area contributed by atoms with Gasteiger partial charge in [-0.15, -0.1) is 0 Å². The van der Waals surface area contributed by atoms with Gasteiger partial charge in [0.25, 0.3) is 0 Å². The third kappa shape index (κ3) is 4.61. The molecule has 3 aromatic rings. The molecule has 0 radical (unpaired) electrons. The third-order valence-electron chi connectivity index (χ3n) is 5.28. The van der Waals surface area contributed by atoms with E-state index in [9.17, 15) is 14.4 Å². The molecule has 164 valence electrons. The van der Waals surface area contributed by atoms with Crippen LogP contribution in [0, 0.1) is 0 Å². The van der Waals surface area contributed by atoms with Crippen molar-refractivity contribution >= 4 is 18.0 Å². The van der Waals surface area contributed by atoms with Crippen LogP contribution in [0.25, 0.3) is 11.1 Å². The smallest absolute Gasteiger partial charge is 0.407 e. The van der Waals surface area contributed by atoms with Gasteiger partial charge < -0.3 is 25.0 Å². The third-order valence-corrected chi connectivity index (χ3v) is 5.28. The van der Waals surface area contributed by atoms with E-state index in [0.717, 1.165) is 22.3 Å². The van der Waals surface area contributed by atoms with Gasteiger partial charge >= 0.3 is 12.1 Å². The molecule has 9 heteroatoms. The van der Waals surface area contributed by atoms with Crippen LogP contribution in [0.3, 0.4) is 0 Å². The lowest BCUT2D eigenvalue weighted by atomic mass is 9.98. The Bertz CT molecular complexity index is 1110.